The summed E-state index contributed by atoms with van der Waals surface area (Å²) in [7, 11) is 3.43. The van der Waals surface area contributed by atoms with Crippen molar-refractivity contribution in [3.05, 3.63) is 34.1 Å². The Balaban J connectivity index is 1.68. The summed E-state index contributed by atoms with van der Waals surface area (Å²) >= 11 is 1.50. The Bertz CT molecular complexity index is 722. The average Bonchev–Trinajstić information content (AvgIpc) is 2.94. The smallest absolute Gasteiger partial charge is 0.227 e. The Morgan fingerprint density at radius 1 is 1.52 bits per heavy atom. The van der Waals surface area contributed by atoms with E-state index < -0.39 is 0 Å². The largest absolute Gasteiger partial charge is 0.490 e. The van der Waals surface area contributed by atoms with E-state index in [9.17, 15) is 4.79 Å². The van der Waals surface area contributed by atoms with Gasteiger partial charge in [-0.3, -0.25) is 4.79 Å². The number of aromatic nitrogens is 3. The Hall–Kier alpha value is -1.80. The molecule has 0 spiro atoms. The van der Waals surface area contributed by atoms with E-state index in [1.54, 1.807) is 0 Å². The van der Waals surface area contributed by atoms with Crippen molar-refractivity contribution >= 4 is 11.8 Å². The van der Waals surface area contributed by atoms with Gasteiger partial charge in [0.05, 0.1) is 12.9 Å². The van der Waals surface area contributed by atoms with Crippen molar-refractivity contribution in [1.82, 2.24) is 20.1 Å². The van der Waals surface area contributed by atoms with Gasteiger partial charge in [0.25, 0.3) is 0 Å². The molecular formula is C15H20N4O3S. The lowest BCUT2D eigenvalue weighted by atomic mass is 9.99. The van der Waals surface area contributed by atoms with Gasteiger partial charge in [0, 0.05) is 25.6 Å². The zero-order chi connectivity index (χ0) is 16.2. The molecule has 1 aliphatic heterocycles. The van der Waals surface area contributed by atoms with Crippen LogP contribution < -0.4 is 15.5 Å². The molecule has 8 heteroatoms. The fraction of sp³-hybridized carbons (Fsp3) is 0.533. The molecule has 23 heavy (non-hydrogen) atoms. The maximum absolute atomic E-state index is 11.7. The Labute approximate surface area is 138 Å². The van der Waals surface area contributed by atoms with E-state index in [1.165, 1.54) is 31.2 Å². The van der Waals surface area contributed by atoms with Crippen LogP contribution in [-0.4, -0.2) is 35.0 Å². The third kappa shape index (κ3) is 3.59. The standard InChI is InChI=1S/C15H20N4O3S/c1-19-14(10-4-3-5-16-7-10)17-18-15(19)23-9-11-6-12(20)13(21-2)8-22-11/h6,8,10,16H,3-5,7,9H2,1-2H3/t10-/m1/s1. The van der Waals surface area contributed by atoms with Crippen LogP contribution in [0.4, 0.5) is 0 Å². The number of hydrogen-bond donors (Lipinski definition) is 1. The number of thioether (sulfide) groups is 1. The first-order valence-corrected chi connectivity index (χ1v) is 8.56. The van der Waals surface area contributed by atoms with Crippen LogP contribution in [0.5, 0.6) is 5.75 Å². The molecule has 0 saturated carbocycles. The Morgan fingerprint density at radius 3 is 3.09 bits per heavy atom. The molecule has 1 fully saturated rings. The minimum atomic E-state index is -0.179. The van der Waals surface area contributed by atoms with Crippen LogP contribution in [-0.2, 0) is 12.8 Å². The fourth-order valence-electron chi connectivity index (χ4n) is 2.68. The summed E-state index contributed by atoms with van der Waals surface area (Å²) in [4.78, 5) is 11.7. The summed E-state index contributed by atoms with van der Waals surface area (Å²) in [5.74, 6) is 2.74. The van der Waals surface area contributed by atoms with Crippen LogP contribution in [0.3, 0.4) is 0 Å². The van der Waals surface area contributed by atoms with Gasteiger partial charge >= 0.3 is 0 Å². The van der Waals surface area contributed by atoms with Crippen LogP contribution in [0.25, 0.3) is 0 Å². The second-order valence-corrected chi connectivity index (χ2v) is 6.45. The number of hydrogen-bond acceptors (Lipinski definition) is 7. The van der Waals surface area contributed by atoms with E-state index in [4.69, 9.17) is 9.15 Å². The van der Waals surface area contributed by atoms with Gasteiger partial charge in [-0.1, -0.05) is 11.8 Å². The molecule has 1 saturated heterocycles. The first kappa shape index (κ1) is 16.1. The fourth-order valence-corrected chi connectivity index (χ4v) is 3.49. The monoisotopic (exact) mass is 336 g/mol. The van der Waals surface area contributed by atoms with E-state index in [0.29, 0.717) is 17.4 Å². The molecular weight excluding hydrogens is 316 g/mol. The predicted molar refractivity (Wildman–Crippen MR) is 86.9 cm³/mol. The molecule has 1 aliphatic rings. The minimum absolute atomic E-state index is 0.179. The van der Waals surface area contributed by atoms with Crippen LogP contribution in [0.1, 0.15) is 30.3 Å². The van der Waals surface area contributed by atoms with Crippen molar-refractivity contribution in [2.24, 2.45) is 7.05 Å². The van der Waals surface area contributed by atoms with Crippen LogP contribution >= 0.6 is 11.8 Å². The number of methoxy groups -OCH3 is 1. The van der Waals surface area contributed by atoms with Crippen molar-refractivity contribution in [2.45, 2.75) is 29.7 Å². The van der Waals surface area contributed by atoms with E-state index in [0.717, 1.165) is 36.9 Å². The zero-order valence-corrected chi connectivity index (χ0v) is 14.1. The normalized spacial score (nSPS) is 18.1. The maximum Gasteiger partial charge on any atom is 0.227 e. The van der Waals surface area contributed by atoms with Gasteiger partial charge in [-0.15, -0.1) is 10.2 Å². The van der Waals surface area contributed by atoms with Gasteiger partial charge in [0.1, 0.15) is 17.8 Å². The minimum Gasteiger partial charge on any atom is -0.490 e. The molecule has 3 rings (SSSR count). The van der Waals surface area contributed by atoms with Gasteiger partial charge < -0.3 is 19.0 Å². The number of piperidine rings is 1. The molecule has 3 heterocycles. The van der Waals surface area contributed by atoms with E-state index in [2.05, 4.69) is 15.5 Å². The first-order chi connectivity index (χ1) is 11.2. The molecule has 1 atom stereocenters. The third-order valence-electron chi connectivity index (χ3n) is 3.95. The lowest BCUT2D eigenvalue weighted by Crippen LogP contribution is -2.29. The summed E-state index contributed by atoms with van der Waals surface area (Å²) < 4.78 is 12.3. The van der Waals surface area contributed by atoms with Crippen molar-refractivity contribution in [3.8, 4) is 5.75 Å². The molecule has 124 valence electrons. The SMILES string of the molecule is COc1coc(CSc2nnc([C@@H]3CCCNC3)n2C)cc1=O. The molecule has 0 radical (unpaired) electrons. The molecule has 2 aromatic rings. The molecule has 7 nitrogen and oxygen atoms in total. The highest BCUT2D eigenvalue weighted by molar-refractivity contribution is 7.98. The van der Waals surface area contributed by atoms with E-state index in [-0.39, 0.29) is 11.2 Å². The second kappa shape index (κ2) is 7.18. The predicted octanol–water partition coefficient (Wildman–Crippen LogP) is 1.54. The topological polar surface area (TPSA) is 82.2 Å². The number of rotatable bonds is 5. The highest BCUT2D eigenvalue weighted by Crippen LogP contribution is 2.26. The maximum atomic E-state index is 11.7. The van der Waals surface area contributed by atoms with Crippen molar-refractivity contribution in [2.75, 3.05) is 20.2 Å². The highest BCUT2D eigenvalue weighted by atomic mass is 32.2. The number of nitrogens with one attached hydrogen (secondary N) is 1. The number of ether oxygens (including phenoxy) is 1. The molecule has 2 aromatic heterocycles. The van der Waals surface area contributed by atoms with Crippen LogP contribution in [0.2, 0.25) is 0 Å². The van der Waals surface area contributed by atoms with Gasteiger partial charge in [0.2, 0.25) is 11.2 Å². The van der Waals surface area contributed by atoms with E-state index >= 15 is 0 Å². The molecule has 0 aromatic carbocycles. The van der Waals surface area contributed by atoms with Gasteiger partial charge in [0.15, 0.2) is 5.16 Å². The van der Waals surface area contributed by atoms with Crippen LogP contribution in [0.15, 0.2) is 26.7 Å². The third-order valence-corrected chi connectivity index (χ3v) is 4.99. The van der Waals surface area contributed by atoms with Crippen molar-refractivity contribution < 1.29 is 9.15 Å². The van der Waals surface area contributed by atoms with Crippen molar-refractivity contribution in [3.63, 3.8) is 0 Å². The summed E-state index contributed by atoms with van der Waals surface area (Å²) in [5, 5.41) is 12.8. The van der Waals surface area contributed by atoms with Gasteiger partial charge in [-0.05, 0) is 19.4 Å². The summed E-state index contributed by atoms with van der Waals surface area (Å²) in [6.07, 6.45) is 3.64. The first-order valence-electron chi connectivity index (χ1n) is 7.57. The quantitative estimate of drug-likeness (QED) is 0.829. The second-order valence-electron chi connectivity index (χ2n) is 5.51. The molecule has 0 amide bonds. The Morgan fingerprint density at radius 2 is 2.39 bits per heavy atom. The summed E-state index contributed by atoms with van der Waals surface area (Å²) in [5.41, 5.74) is -0.179. The molecule has 0 aliphatic carbocycles. The van der Waals surface area contributed by atoms with Gasteiger partial charge in [-0.2, -0.15) is 0 Å². The Kier molecular flexibility index (Phi) is 5.02. The molecule has 0 bridgehead atoms. The van der Waals surface area contributed by atoms with Crippen LogP contribution in [0, 0.1) is 0 Å². The van der Waals surface area contributed by atoms with E-state index in [1.807, 2.05) is 11.6 Å². The zero-order valence-electron chi connectivity index (χ0n) is 13.2. The van der Waals surface area contributed by atoms with Crippen molar-refractivity contribution in [1.29, 1.82) is 0 Å². The van der Waals surface area contributed by atoms with Gasteiger partial charge in [-0.25, -0.2) is 0 Å². The molecule has 0 unspecified atom stereocenters. The highest BCUT2D eigenvalue weighted by Gasteiger charge is 2.21. The summed E-state index contributed by atoms with van der Waals surface area (Å²) in [6, 6.07) is 1.45. The lowest BCUT2D eigenvalue weighted by molar-refractivity contribution is 0.381. The summed E-state index contributed by atoms with van der Waals surface area (Å²) in [6.45, 7) is 2.02. The number of nitrogens with zero attached hydrogens (tertiary/aromatic N) is 3. The average molecular weight is 336 g/mol. The lowest BCUT2D eigenvalue weighted by Gasteiger charge is -2.21. The molecule has 1 N–H and O–H groups in total.